The Morgan fingerprint density at radius 2 is 1.48 bits per heavy atom. The zero-order valence-corrected chi connectivity index (χ0v) is 13.3. The van der Waals surface area contributed by atoms with Crippen LogP contribution in [0.2, 0.25) is 0 Å². The Morgan fingerprint density at radius 1 is 0.857 bits per heavy atom. The molecule has 1 heteroatoms. The molecule has 0 amide bonds. The van der Waals surface area contributed by atoms with Gasteiger partial charge in [-0.3, -0.25) is 0 Å². The molecule has 1 aromatic heterocycles. The number of fused-ring (bicyclic) bond motifs is 1. The third-order valence-electron chi connectivity index (χ3n) is 3.51. The van der Waals surface area contributed by atoms with Gasteiger partial charge in [-0.15, -0.1) is 0 Å². The van der Waals surface area contributed by atoms with Gasteiger partial charge in [0, 0.05) is 22.3 Å². The Kier molecular flexibility index (Phi) is 4.99. The van der Waals surface area contributed by atoms with Crippen LogP contribution in [0.15, 0.2) is 60.7 Å². The Morgan fingerprint density at radius 3 is 2.14 bits per heavy atom. The molecule has 0 radical (unpaired) electrons. The fourth-order valence-corrected chi connectivity index (χ4v) is 2.68. The Balaban J connectivity index is 0.000000774. The lowest BCUT2D eigenvalue weighted by atomic mass is 10.1. The lowest BCUT2D eigenvalue weighted by Crippen LogP contribution is -1.95. The van der Waals surface area contributed by atoms with Gasteiger partial charge in [-0.1, -0.05) is 62.4 Å². The highest BCUT2D eigenvalue weighted by Crippen LogP contribution is 2.29. The molecule has 0 spiro atoms. The molecule has 0 saturated carbocycles. The van der Waals surface area contributed by atoms with Gasteiger partial charge in [0.1, 0.15) is 0 Å². The van der Waals surface area contributed by atoms with E-state index in [9.17, 15) is 0 Å². The van der Waals surface area contributed by atoms with E-state index in [2.05, 4.69) is 85.2 Å². The minimum Gasteiger partial charge on any atom is -0.313 e. The minimum atomic E-state index is 1.21. The fraction of sp³-hybridized carbons (Fsp3) is 0.200. The number of allylic oxidation sites excluding steroid dienone is 1. The molecule has 0 unspecified atom stereocenters. The first-order valence-electron chi connectivity index (χ1n) is 7.61. The first-order valence-corrected chi connectivity index (χ1v) is 7.61. The number of aromatic nitrogens is 1. The maximum atomic E-state index is 2.32. The second-order valence-electron chi connectivity index (χ2n) is 4.69. The zero-order valence-electron chi connectivity index (χ0n) is 13.3. The predicted octanol–water partition coefficient (Wildman–Crippen LogP) is 6.00. The Bertz CT molecular complexity index is 733. The fourth-order valence-electron chi connectivity index (χ4n) is 2.68. The molecule has 0 bridgehead atoms. The van der Waals surface area contributed by atoms with Gasteiger partial charge in [0.05, 0.1) is 5.52 Å². The van der Waals surface area contributed by atoms with E-state index in [1.165, 1.54) is 27.8 Å². The van der Waals surface area contributed by atoms with Gasteiger partial charge >= 0.3 is 0 Å². The molecule has 108 valence electrons. The lowest BCUT2D eigenvalue weighted by Gasteiger charge is -2.08. The van der Waals surface area contributed by atoms with Gasteiger partial charge in [0.15, 0.2) is 0 Å². The molecule has 0 aliphatic heterocycles. The topological polar surface area (TPSA) is 4.93 Å². The van der Waals surface area contributed by atoms with Crippen LogP contribution in [0, 0.1) is 6.92 Å². The van der Waals surface area contributed by atoms with Crippen LogP contribution in [-0.4, -0.2) is 4.57 Å². The quantitative estimate of drug-likeness (QED) is 0.541. The van der Waals surface area contributed by atoms with Crippen molar-refractivity contribution in [3.8, 4) is 5.69 Å². The number of hydrogen-bond acceptors (Lipinski definition) is 0. The van der Waals surface area contributed by atoms with Crippen molar-refractivity contribution in [2.45, 2.75) is 27.7 Å². The number of hydrogen-bond donors (Lipinski definition) is 0. The highest BCUT2D eigenvalue weighted by molar-refractivity contribution is 5.92. The molecule has 21 heavy (non-hydrogen) atoms. The van der Waals surface area contributed by atoms with E-state index in [0.29, 0.717) is 0 Å². The third-order valence-corrected chi connectivity index (χ3v) is 3.51. The van der Waals surface area contributed by atoms with Crippen LogP contribution in [0.25, 0.3) is 22.7 Å². The molecule has 1 heterocycles. The molecule has 3 aromatic rings. The molecule has 0 atom stereocenters. The lowest BCUT2D eigenvalue weighted by molar-refractivity contribution is 1.05. The van der Waals surface area contributed by atoms with Crippen LogP contribution in [0.5, 0.6) is 0 Å². The smallest absolute Gasteiger partial charge is 0.0537 e. The molecule has 0 aliphatic carbocycles. The van der Waals surface area contributed by atoms with E-state index >= 15 is 0 Å². The van der Waals surface area contributed by atoms with Crippen molar-refractivity contribution in [2.24, 2.45) is 0 Å². The van der Waals surface area contributed by atoms with Crippen molar-refractivity contribution in [3.05, 3.63) is 71.9 Å². The van der Waals surface area contributed by atoms with Crippen molar-refractivity contribution in [2.75, 3.05) is 0 Å². The summed E-state index contributed by atoms with van der Waals surface area (Å²) >= 11 is 0. The first-order chi connectivity index (χ1) is 10.3. The number of benzene rings is 2. The SMILES string of the molecule is C/C=C\c1c(C)n(-c2ccccc2)c2ccccc12.CC. The van der Waals surface area contributed by atoms with E-state index < -0.39 is 0 Å². The van der Waals surface area contributed by atoms with Crippen LogP contribution < -0.4 is 0 Å². The normalized spacial score (nSPS) is 10.7. The maximum absolute atomic E-state index is 2.32. The van der Waals surface area contributed by atoms with Gasteiger partial charge in [-0.2, -0.15) is 0 Å². The maximum Gasteiger partial charge on any atom is 0.0537 e. The van der Waals surface area contributed by atoms with Gasteiger partial charge in [-0.25, -0.2) is 0 Å². The highest BCUT2D eigenvalue weighted by atomic mass is 15.0. The van der Waals surface area contributed by atoms with E-state index in [1.807, 2.05) is 13.8 Å². The van der Waals surface area contributed by atoms with E-state index in [-0.39, 0.29) is 0 Å². The predicted molar refractivity (Wildman–Crippen MR) is 94.1 cm³/mol. The van der Waals surface area contributed by atoms with Crippen LogP contribution in [0.1, 0.15) is 32.0 Å². The summed E-state index contributed by atoms with van der Waals surface area (Å²) in [6, 6.07) is 19.1. The molecular formula is C20H23N. The van der Waals surface area contributed by atoms with Crippen LogP contribution in [-0.2, 0) is 0 Å². The molecule has 0 saturated heterocycles. The minimum absolute atomic E-state index is 1.21. The highest BCUT2D eigenvalue weighted by Gasteiger charge is 2.12. The van der Waals surface area contributed by atoms with E-state index in [4.69, 9.17) is 0 Å². The van der Waals surface area contributed by atoms with Crippen LogP contribution in [0.4, 0.5) is 0 Å². The second kappa shape index (κ2) is 6.94. The Hall–Kier alpha value is -2.28. The van der Waals surface area contributed by atoms with E-state index in [1.54, 1.807) is 0 Å². The number of rotatable bonds is 2. The molecule has 0 aliphatic rings. The molecule has 2 aromatic carbocycles. The van der Waals surface area contributed by atoms with Crippen molar-refractivity contribution in [3.63, 3.8) is 0 Å². The summed E-state index contributed by atoms with van der Waals surface area (Å²) in [6.07, 6.45) is 4.29. The van der Waals surface area contributed by atoms with Crippen molar-refractivity contribution in [1.82, 2.24) is 4.57 Å². The van der Waals surface area contributed by atoms with Gasteiger partial charge < -0.3 is 4.57 Å². The summed E-state index contributed by atoms with van der Waals surface area (Å²) in [5, 5.41) is 1.31. The largest absolute Gasteiger partial charge is 0.313 e. The van der Waals surface area contributed by atoms with Crippen LogP contribution >= 0.6 is 0 Å². The average Bonchev–Trinajstić information content (AvgIpc) is 2.83. The Labute approximate surface area is 127 Å². The van der Waals surface area contributed by atoms with Crippen LogP contribution in [0.3, 0.4) is 0 Å². The molecule has 0 fully saturated rings. The summed E-state index contributed by atoms with van der Waals surface area (Å²) in [5.74, 6) is 0. The van der Waals surface area contributed by atoms with Gasteiger partial charge in [0.25, 0.3) is 0 Å². The third kappa shape index (κ3) is 2.78. The number of para-hydroxylation sites is 2. The standard InChI is InChI=1S/C18H17N.C2H6/c1-3-9-16-14(2)19(15-10-5-4-6-11-15)18-13-8-7-12-17(16)18;1-2/h3-13H,1-2H3;1-2H3/b9-3-;. The van der Waals surface area contributed by atoms with Gasteiger partial charge in [-0.05, 0) is 32.0 Å². The first kappa shape index (κ1) is 15.1. The van der Waals surface area contributed by atoms with E-state index in [0.717, 1.165) is 0 Å². The summed E-state index contributed by atoms with van der Waals surface area (Å²) in [4.78, 5) is 0. The molecule has 0 N–H and O–H groups in total. The zero-order chi connectivity index (χ0) is 15.2. The molecule has 1 nitrogen and oxygen atoms in total. The average molecular weight is 277 g/mol. The molecule has 3 rings (SSSR count). The number of nitrogens with zero attached hydrogens (tertiary/aromatic N) is 1. The van der Waals surface area contributed by atoms with Gasteiger partial charge in [0.2, 0.25) is 0 Å². The summed E-state index contributed by atoms with van der Waals surface area (Å²) in [7, 11) is 0. The summed E-state index contributed by atoms with van der Waals surface area (Å²) < 4.78 is 2.32. The van der Waals surface area contributed by atoms with Crippen molar-refractivity contribution in [1.29, 1.82) is 0 Å². The van der Waals surface area contributed by atoms with Crippen molar-refractivity contribution < 1.29 is 0 Å². The second-order valence-corrected chi connectivity index (χ2v) is 4.69. The summed E-state index contributed by atoms with van der Waals surface area (Å²) in [6.45, 7) is 8.25. The summed E-state index contributed by atoms with van der Waals surface area (Å²) in [5.41, 5.74) is 5.07. The molecular weight excluding hydrogens is 254 g/mol. The van der Waals surface area contributed by atoms with Crippen molar-refractivity contribution >= 4 is 17.0 Å². The monoisotopic (exact) mass is 277 g/mol.